The molecule has 19 heavy (non-hydrogen) atoms. The molecule has 1 saturated heterocycles. The van der Waals surface area contributed by atoms with Gasteiger partial charge < -0.3 is 14.7 Å². The van der Waals surface area contributed by atoms with Crippen LogP contribution in [0.4, 0.5) is 0 Å². The molecule has 2 fully saturated rings. The number of carboxylic acids is 1. The molecule has 0 aromatic rings. The quantitative estimate of drug-likeness (QED) is 0.833. The molecule has 2 aliphatic rings. The van der Waals surface area contributed by atoms with Crippen LogP contribution in [0.3, 0.4) is 0 Å². The second-order valence-electron chi connectivity index (χ2n) is 6.36. The molecule has 5 heteroatoms. The van der Waals surface area contributed by atoms with E-state index in [1.54, 1.807) is 7.11 Å². The third-order valence-corrected chi connectivity index (χ3v) is 4.59. The fraction of sp³-hybridized carbons (Fsp3) is 0.857. The van der Waals surface area contributed by atoms with Crippen molar-refractivity contribution in [2.24, 2.45) is 23.2 Å². The fourth-order valence-corrected chi connectivity index (χ4v) is 3.39. The van der Waals surface area contributed by atoms with Crippen molar-refractivity contribution in [3.05, 3.63) is 0 Å². The summed E-state index contributed by atoms with van der Waals surface area (Å²) in [6, 6.07) is 0. The third kappa shape index (κ3) is 2.61. The van der Waals surface area contributed by atoms with Crippen LogP contribution in [0.5, 0.6) is 0 Å². The maximum atomic E-state index is 12.5. The van der Waals surface area contributed by atoms with E-state index in [-0.39, 0.29) is 11.8 Å². The summed E-state index contributed by atoms with van der Waals surface area (Å²) in [6.45, 7) is 5.85. The van der Waals surface area contributed by atoms with E-state index >= 15 is 0 Å². The molecule has 5 nitrogen and oxygen atoms in total. The van der Waals surface area contributed by atoms with Crippen LogP contribution in [0.2, 0.25) is 0 Å². The molecule has 1 heterocycles. The predicted octanol–water partition coefficient (Wildman–Crippen LogP) is 1.23. The van der Waals surface area contributed by atoms with Crippen molar-refractivity contribution < 1.29 is 19.4 Å². The molecule has 3 atom stereocenters. The molecule has 0 radical (unpaired) electrons. The molecule has 2 rings (SSSR count). The van der Waals surface area contributed by atoms with Crippen LogP contribution in [0.1, 0.15) is 26.7 Å². The molecule has 0 aromatic heterocycles. The van der Waals surface area contributed by atoms with Gasteiger partial charge >= 0.3 is 5.97 Å². The Kier molecular flexibility index (Phi) is 3.85. The Bertz CT molecular complexity index is 378. The lowest BCUT2D eigenvalue weighted by atomic mass is 9.98. The van der Waals surface area contributed by atoms with Crippen LogP contribution in [0, 0.1) is 23.2 Å². The Morgan fingerprint density at radius 2 is 2.05 bits per heavy atom. The van der Waals surface area contributed by atoms with Gasteiger partial charge in [0.15, 0.2) is 0 Å². The molecule has 1 unspecified atom stereocenters. The van der Waals surface area contributed by atoms with Gasteiger partial charge in [0.25, 0.3) is 0 Å². The highest BCUT2D eigenvalue weighted by Crippen LogP contribution is 2.59. The number of ether oxygens (including phenoxy) is 1. The summed E-state index contributed by atoms with van der Waals surface area (Å²) in [5.41, 5.74) is -0.406. The normalized spacial score (nSPS) is 33.0. The third-order valence-electron chi connectivity index (χ3n) is 4.59. The fourth-order valence-electron chi connectivity index (χ4n) is 3.39. The van der Waals surface area contributed by atoms with Crippen LogP contribution < -0.4 is 0 Å². The maximum Gasteiger partial charge on any atom is 0.307 e. The van der Waals surface area contributed by atoms with E-state index in [2.05, 4.69) is 0 Å². The predicted molar refractivity (Wildman–Crippen MR) is 69.6 cm³/mol. The van der Waals surface area contributed by atoms with Gasteiger partial charge in [-0.25, -0.2) is 0 Å². The van der Waals surface area contributed by atoms with Crippen molar-refractivity contribution in [2.75, 3.05) is 26.8 Å². The van der Waals surface area contributed by atoms with Crippen molar-refractivity contribution in [1.82, 2.24) is 4.90 Å². The zero-order chi connectivity index (χ0) is 14.2. The largest absolute Gasteiger partial charge is 0.481 e. The van der Waals surface area contributed by atoms with Gasteiger partial charge in [-0.3, -0.25) is 9.59 Å². The first-order valence-electron chi connectivity index (χ1n) is 6.90. The smallest absolute Gasteiger partial charge is 0.307 e. The average molecular weight is 269 g/mol. The van der Waals surface area contributed by atoms with E-state index in [0.29, 0.717) is 19.1 Å². The molecule has 1 amide bonds. The minimum atomic E-state index is -0.853. The first-order valence-corrected chi connectivity index (χ1v) is 6.90. The van der Waals surface area contributed by atoms with Crippen molar-refractivity contribution in [3.8, 4) is 0 Å². The van der Waals surface area contributed by atoms with Gasteiger partial charge in [0.05, 0.1) is 18.4 Å². The monoisotopic (exact) mass is 269 g/mol. The molecule has 1 aliphatic heterocycles. The minimum absolute atomic E-state index is 0.0122. The number of piperidine rings is 1. The second-order valence-corrected chi connectivity index (χ2v) is 6.36. The van der Waals surface area contributed by atoms with Crippen LogP contribution in [0.15, 0.2) is 0 Å². The van der Waals surface area contributed by atoms with E-state index in [1.807, 2.05) is 18.7 Å². The Morgan fingerprint density at radius 1 is 1.37 bits per heavy atom. The highest BCUT2D eigenvalue weighted by atomic mass is 16.5. The number of methoxy groups -OCH3 is 1. The number of likely N-dealkylation sites (tertiary alicyclic amines) is 1. The van der Waals surface area contributed by atoms with E-state index in [1.165, 1.54) is 0 Å². The summed E-state index contributed by atoms with van der Waals surface area (Å²) in [7, 11) is 1.67. The first kappa shape index (κ1) is 14.3. The topological polar surface area (TPSA) is 66.8 Å². The van der Waals surface area contributed by atoms with Gasteiger partial charge in [-0.2, -0.15) is 0 Å². The number of nitrogens with zero attached hydrogens (tertiary/aromatic N) is 1. The van der Waals surface area contributed by atoms with Gasteiger partial charge in [0.2, 0.25) is 5.91 Å². The minimum Gasteiger partial charge on any atom is -0.481 e. The summed E-state index contributed by atoms with van der Waals surface area (Å²) in [4.78, 5) is 25.4. The van der Waals surface area contributed by atoms with Crippen molar-refractivity contribution in [3.63, 3.8) is 0 Å². The Balaban J connectivity index is 1.99. The lowest BCUT2D eigenvalue weighted by Gasteiger charge is -2.33. The number of carboxylic acid groups (broad SMARTS) is 1. The molecular formula is C14H23NO4. The molecule has 0 aromatic carbocycles. The number of carbonyl (C=O) groups is 2. The Labute approximate surface area is 113 Å². The molecular weight excluding hydrogens is 246 g/mol. The standard InChI is InChI=1S/C14H23NO4/c1-14(2)10(11(14)13(17)18)12(16)15-6-4-5-9(7-15)8-19-3/h9-11H,4-8H2,1-3H3,(H,17,18)/t9?,10-,11+/m0/s1. The zero-order valence-corrected chi connectivity index (χ0v) is 11.9. The molecule has 0 bridgehead atoms. The van der Waals surface area contributed by atoms with E-state index in [9.17, 15) is 9.59 Å². The summed E-state index contributed by atoms with van der Waals surface area (Å²) in [5, 5.41) is 9.15. The number of hydrogen-bond acceptors (Lipinski definition) is 3. The summed E-state index contributed by atoms with van der Waals surface area (Å²) in [6.07, 6.45) is 2.05. The molecule has 1 N–H and O–H groups in total. The number of rotatable bonds is 4. The average Bonchev–Trinajstić information content (AvgIpc) is 2.92. The van der Waals surface area contributed by atoms with E-state index in [4.69, 9.17) is 9.84 Å². The number of hydrogen-bond donors (Lipinski definition) is 1. The van der Waals surface area contributed by atoms with Gasteiger partial charge in [-0.05, 0) is 24.2 Å². The van der Waals surface area contributed by atoms with Crippen LogP contribution in [0.25, 0.3) is 0 Å². The SMILES string of the molecule is COCC1CCCN(C(=O)[C@@H]2[C@H](C(=O)O)C2(C)C)C1. The number of aliphatic carboxylic acids is 1. The number of amides is 1. The Hall–Kier alpha value is -1.10. The van der Waals surface area contributed by atoms with E-state index in [0.717, 1.165) is 19.4 Å². The number of carbonyl (C=O) groups excluding carboxylic acids is 1. The zero-order valence-electron chi connectivity index (χ0n) is 11.9. The Morgan fingerprint density at radius 3 is 2.58 bits per heavy atom. The van der Waals surface area contributed by atoms with Gasteiger partial charge in [0, 0.05) is 20.2 Å². The van der Waals surface area contributed by atoms with Crippen LogP contribution in [-0.2, 0) is 14.3 Å². The van der Waals surface area contributed by atoms with Gasteiger partial charge in [-0.1, -0.05) is 13.8 Å². The summed E-state index contributed by atoms with van der Waals surface area (Å²) in [5.74, 6) is -1.34. The summed E-state index contributed by atoms with van der Waals surface area (Å²) >= 11 is 0. The summed E-state index contributed by atoms with van der Waals surface area (Å²) < 4.78 is 5.15. The highest BCUT2D eigenvalue weighted by molar-refractivity contribution is 5.91. The van der Waals surface area contributed by atoms with Gasteiger partial charge in [-0.15, -0.1) is 0 Å². The van der Waals surface area contributed by atoms with Crippen LogP contribution in [-0.4, -0.2) is 48.7 Å². The van der Waals surface area contributed by atoms with Gasteiger partial charge in [0.1, 0.15) is 0 Å². The maximum absolute atomic E-state index is 12.5. The first-order chi connectivity index (χ1) is 8.89. The van der Waals surface area contributed by atoms with E-state index < -0.39 is 17.3 Å². The lowest BCUT2D eigenvalue weighted by molar-refractivity contribution is -0.142. The van der Waals surface area contributed by atoms with Crippen molar-refractivity contribution >= 4 is 11.9 Å². The second kappa shape index (κ2) is 5.12. The van der Waals surface area contributed by atoms with Crippen molar-refractivity contribution in [2.45, 2.75) is 26.7 Å². The lowest BCUT2D eigenvalue weighted by Crippen LogP contribution is -2.42. The molecule has 1 aliphatic carbocycles. The molecule has 108 valence electrons. The molecule has 0 spiro atoms. The van der Waals surface area contributed by atoms with Crippen molar-refractivity contribution in [1.29, 1.82) is 0 Å². The molecule has 1 saturated carbocycles. The van der Waals surface area contributed by atoms with Crippen LogP contribution >= 0.6 is 0 Å². The highest BCUT2D eigenvalue weighted by Gasteiger charge is 2.66.